The topological polar surface area (TPSA) is 3.24 Å². The van der Waals surface area contributed by atoms with Gasteiger partial charge in [-0.1, -0.05) is 0 Å². The fourth-order valence-corrected chi connectivity index (χ4v) is 4.52. The van der Waals surface area contributed by atoms with Gasteiger partial charge in [0.1, 0.15) is 0 Å². The van der Waals surface area contributed by atoms with Crippen LogP contribution in [-0.2, 0) is 13.1 Å². The number of hydrogen-bond acceptors (Lipinski definition) is 3. The number of hydrogen-bond donors (Lipinski definition) is 0. The fourth-order valence-electron chi connectivity index (χ4n) is 1.46. The van der Waals surface area contributed by atoms with Crippen LogP contribution in [-0.4, -0.2) is 11.9 Å². The molecule has 2 aromatic heterocycles. The molecule has 0 fully saturated rings. The molecule has 0 atom stereocenters. The molecule has 0 radical (unpaired) electrons. The van der Waals surface area contributed by atoms with Crippen molar-refractivity contribution in [2.24, 2.45) is 0 Å². The van der Waals surface area contributed by atoms with Crippen LogP contribution in [0.4, 0.5) is 0 Å². The van der Waals surface area contributed by atoms with Crippen LogP contribution in [0, 0.1) is 0 Å². The van der Waals surface area contributed by atoms with Gasteiger partial charge in [-0.05, 0) is 51.0 Å². The van der Waals surface area contributed by atoms with Crippen molar-refractivity contribution in [1.29, 1.82) is 0 Å². The van der Waals surface area contributed by atoms with E-state index in [1.54, 1.807) is 22.7 Å². The van der Waals surface area contributed by atoms with E-state index in [2.05, 4.69) is 66.7 Å². The predicted octanol–water partition coefficient (Wildman–Crippen LogP) is 4.97. The summed E-state index contributed by atoms with van der Waals surface area (Å²) in [6.07, 6.45) is 0. The van der Waals surface area contributed by atoms with Gasteiger partial charge in [0, 0.05) is 42.5 Å². The van der Waals surface area contributed by atoms with Gasteiger partial charge in [0.2, 0.25) is 0 Å². The molecule has 2 rings (SSSR count). The van der Waals surface area contributed by atoms with E-state index in [0.29, 0.717) is 0 Å². The Morgan fingerprint density at radius 3 is 1.75 bits per heavy atom. The average Bonchev–Trinajstić information content (AvgIpc) is 2.76. The molecular weight excluding hydrogens is 370 g/mol. The van der Waals surface area contributed by atoms with E-state index >= 15 is 0 Å². The highest BCUT2D eigenvalue weighted by Gasteiger charge is 2.05. The van der Waals surface area contributed by atoms with Gasteiger partial charge in [-0.25, -0.2) is 0 Å². The van der Waals surface area contributed by atoms with Crippen molar-refractivity contribution in [3.63, 3.8) is 0 Å². The van der Waals surface area contributed by atoms with E-state index in [1.165, 1.54) is 18.7 Å². The molecule has 0 unspecified atom stereocenters. The van der Waals surface area contributed by atoms with E-state index in [1.807, 2.05) is 0 Å². The molecule has 0 spiro atoms. The molecule has 0 saturated heterocycles. The van der Waals surface area contributed by atoms with Crippen LogP contribution in [0.15, 0.2) is 31.8 Å². The van der Waals surface area contributed by atoms with Gasteiger partial charge in [-0.15, -0.1) is 22.7 Å². The van der Waals surface area contributed by atoms with Gasteiger partial charge < -0.3 is 0 Å². The van der Waals surface area contributed by atoms with Crippen molar-refractivity contribution in [3.8, 4) is 0 Å². The lowest BCUT2D eigenvalue weighted by molar-refractivity contribution is 0.325. The third-order valence-corrected chi connectivity index (χ3v) is 5.46. The van der Waals surface area contributed by atoms with Crippen LogP contribution in [0.1, 0.15) is 9.75 Å². The normalized spacial score (nSPS) is 11.2. The second kappa shape index (κ2) is 5.78. The minimum atomic E-state index is 1.01. The number of rotatable bonds is 4. The second-order valence-electron chi connectivity index (χ2n) is 3.63. The van der Waals surface area contributed by atoms with Crippen LogP contribution >= 0.6 is 54.5 Å². The highest BCUT2D eigenvalue weighted by atomic mass is 79.9. The number of thiophene rings is 2. The Morgan fingerprint density at radius 1 is 1.00 bits per heavy atom. The fraction of sp³-hybridized carbons (Fsp3) is 0.273. The Bertz CT molecular complexity index is 422. The van der Waals surface area contributed by atoms with Gasteiger partial charge in [-0.2, -0.15) is 0 Å². The van der Waals surface area contributed by atoms with Crippen molar-refractivity contribution in [2.75, 3.05) is 7.05 Å². The van der Waals surface area contributed by atoms with Gasteiger partial charge in [0.05, 0.1) is 0 Å². The molecular formula is C11H11Br2NS2. The highest BCUT2D eigenvalue weighted by Crippen LogP contribution is 2.23. The first kappa shape index (κ1) is 12.8. The summed E-state index contributed by atoms with van der Waals surface area (Å²) >= 11 is 10.6. The monoisotopic (exact) mass is 379 g/mol. The molecule has 0 bridgehead atoms. The van der Waals surface area contributed by atoms with E-state index in [4.69, 9.17) is 0 Å². The number of halogens is 2. The quantitative estimate of drug-likeness (QED) is 0.723. The Labute approximate surface area is 120 Å². The maximum atomic E-state index is 3.48. The lowest BCUT2D eigenvalue weighted by atomic mass is 10.4. The van der Waals surface area contributed by atoms with Crippen molar-refractivity contribution in [2.45, 2.75) is 13.1 Å². The molecule has 16 heavy (non-hydrogen) atoms. The van der Waals surface area contributed by atoms with Gasteiger partial charge in [0.15, 0.2) is 0 Å². The van der Waals surface area contributed by atoms with E-state index in [-0.39, 0.29) is 0 Å². The lowest BCUT2D eigenvalue weighted by Crippen LogP contribution is -2.15. The zero-order valence-electron chi connectivity index (χ0n) is 8.74. The van der Waals surface area contributed by atoms with E-state index < -0.39 is 0 Å². The van der Waals surface area contributed by atoms with Crippen LogP contribution in [0.3, 0.4) is 0 Å². The van der Waals surface area contributed by atoms with Crippen LogP contribution < -0.4 is 0 Å². The zero-order valence-corrected chi connectivity index (χ0v) is 13.5. The molecule has 0 amide bonds. The average molecular weight is 381 g/mol. The maximum Gasteiger partial charge on any atom is 0.0329 e. The molecule has 86 valence electrons. The Hall–Kier alpha value is 0.320. The van der Waals surface area contributed by atoms with Gasteiger partial charge in [0.25, 0.3) is 0 Å². The van der Waals surface area contributed by atoms with Crippen LogP contribution in [0.2, 0.25) is 0 Å². The van der Waals surface area contributed by atoms with Crippen molar-refractivity contribution >= 4 is 54.5 Å². The summed E-state index contributed by atoms with van der Waals surface area (Å²) < 4.78 is 2.36. The van der Waals surface area contributed by atoms with Gasteiger partial charge in [-0.3, -0.25) is 4.90 Å². The summed E-state index contributed by atoms with van der Waals surface area (Å²) in [6, 6.07) is 4.37. The predicted molar refractivity (Wildman–Crippen MR) is 79.2 cm³/mol. The number of nitrogens with zero attached hydrogens (tertiary/aromatic N) is 1. The molecule has 0 saturated carbocycles. The van der Waals surface area contributed by atoms with E-state index in [0.717, 1.165) is 13.1 Å². The largest absolute Gasteiger partial charge is 0.296 e. The molecule has 0 N–H and O–H groups in total. The van der Waals surface area contributed by atoms with Crippen molar-refractivity contribution < 1.29 is 0 Å². The molecule has 0 aromatic carbocycles. The summed E-state index contributed by atoms with van der Waals surface area (Å²) in [5, 5.41) is 4.26. The summed E-state index contributed by atoms with van der Waals surface area (Å²) in [4.78, 5) is 5.12. The second-order valence-corrected chi connectivity index (χ2v) is 7.46. The first-order valence-corrected chi connectivity index (χ1v) is 8.12. The molecule has 2 heterocycles. The molecule has 0 aliphatic heterocycles. The van der Waals surface area contributed by atoms with E-state index in [9.17, 15) is 0 Å². The third-order valence-electron chi connectivity index (χ3n) is 2.10. The summed E-state index contributed by atoms with van der Waals surface area (Å²) in [7, 11) is 2.15. The molecule has 1 nitrogen and oxygen atoms in total. The smallest absolute Gasteiger partial charge is 0.0329 e. The van der Waals surface area contributed by atoms with Crippen molar-refractivity contribution in [3.05, 3.63) is 41.6 Å². The Morgan fingerprint density at radius 2 is 1.44 bits per heavy atom. The first-order valence-electron chi connectivity index (χ1n) is 4.78. The SMILES string of the molecule is CN(Cc1cc(Br)cs1)Cc1cc(Br)cs1. The molecule has 0 aliphatic carbocycles. The first-order chi connectivity index (χ1) is 7.63. The van der Waals surface area contributed by atoms with Gasteiger partial charge >= 0.3 is 0 Å². The molecule has 2 aromatic rings. The summed E-state index contributed by atoms with van der Waals surface area (Å²) in [5.41, 5.74) is 0. The summed E-state index contributed by atoms with van der Waals surface area (Å²) in [6.45, 7) is 2.01. The standard InChI is InChI=1S/C11H11Br2NS2/c1-14(4-10-2-8(12)6-15-10)5-11-3-9(13)7-16-11/h2-3,6-7H,4-5H2,1H3. The molecule has 0 aliphatic rings. The Balaban J connectivity index is 1.91. The third kappa shape index (κ3) is 3.67. The van der Waals surface area contributed by atoms with Crippen LogP contribution in [0.25, 0.3) is 0 Å². The maximum absolute atomic E-state index is 3.48. The minimum Gasteiger partial charge on any atom is -0.296 e. The Kier molecular flexibility index (Phi) is 4.61. The van der Waals surface area contributed by atoms with Crippen molar-refractivity contribution in [1.82, 2.24) is 4.90 Å². The summed E-state index contributed by atoms with van der Waals surface area (Å²) in [5.74, 6) is 0. The highest BCUT2D eigenvalue weighted by molar-refractivity contribution is 9.10. The lowest BCUT2D eigenvalue weighted by Gasteiger charge is -2.13. The van der Waals surface area contributed by atoms with Crippen LogP contribution in [0.5, 0.6) is 0 Å². The molecule has 5 heteroatoms. The zero-order chi connectivity index (χ0) is 11.5. The minimum absolute atomic E-state index is 1.01.